The number of thioether (sulfide) groups is 1. The molecule has 0 spiro atoms. The molecule has 24 heavy (non-hydrogen) atoms. The molecule has 0 radical (unpaired) electrons. The minimum Gasteiger partial charge on any atom is -0.460 e. The standard InChI is InChI=1S/C17H23NO5S/c1-12(2)23-15(19)11-22-17(21)14(9-10-24-3)18-16(20)13-7-5-4-6-8-13/h4-8,12,14H,9-11H2,1-3H3,(H,18,20). The highest BCUT2D eigenvalue weighted by molar-refractivity contribution is 7.98. The second kappa shape index (κ2) is 10.7. The zero-order chi connectivity index (χ0) is 17.9. The van der Waals surface area contributed by atoms with E-state index in [1.54, 1.807) is 55.9 Å². The largest absolute Gasteiger partial charge is 0.460 e. The van der Waals surface area contributed by atoms with Crippen molar-refractivity contribution in [3.63, 3.8) is 0 Å². The van der Waals surface area contributed by atoms with Gasteiger partial charge in [-0.15, -0.1) is 0 Å². The molecule has 1 N–H and O–H groups in total. The molecule has 0 saturated carbocycles. The van der Waals surface area contributed by atoms with Gasteiger partial charge >= 0.3 is 11.9 Å². The molecule has 6 nitrogen and oxygen atoms in total. The highest BCUT2D eigenvalue weighted by Gasteiger charge is 2.23. The van der Waals surface area contributed by atoms with E-state index in [2.05, 4.69) is 5.32 Å². The van der Waals surface area contributed by atoms with Crippen molar-refractivity contribution in [1.29, 1.82) is 0 Å². The fourth-order valence-electron chi connectivity index (χ4n) is 1.84. The molecular formula is C17H23NO5S. The van der Waals surface area contributed by atoms with Gasteiger partial charge in [-0.2, -0.15) is 11.8 Å². The van der Waals surface area contributed by atoms with Crippen LogP contribution in [-0.2, 0) is 19.1 Å². The number of benzene rings is 1. The molecule has 1 rings (SSSR count). The van der Waals surface area contributed by atoms with Gasteiger partial charge in [-0.1, -0.05) is 18.2 Å². The number of nitrogens with one attached hydrogen (secondary N) is 1. The van der Waals surface area contributed by atoms with Crippen LogP contribution in [0.3, 0.4) is 0 Å². The molecule has 1 unspecified atom stereocenters. The van der Waals surface area contributed by atoms with Gasteiger partial charge in [0.1, 0.15) is 6.04 Å². The molecule has 7 heteroatoms. The van der Waals surface area contributed by atoms with Crippen LogP contribution >= 0.6 is 11.8 Å². The molecular weight excluding hydrogens is 330 g/mol. The smallest absolute Gasteiger partial charge is 0.344 e. The van der Waals surface area contributed by atoms with Crippen molar-refractivity contribution in [3.8, 4) is 0 Å². The van der Waals surface area contributed by atoms with Crippen molar-refractivity contribution >= 4 is 29.6 Å². The van der Waals surface area contributed by atoms with Gasteiger partial charge in [-0.3, -0.25) is 4.79 Å². The zero-order valence-electron chi connectivity index (χ0n) is 14.1. The minimum absolute atomic E-state index is 0.277. The van der Waals surface area contributed by atoms with Gasteiger partial charge in [0.05, 0.1) is 6.10 Å². The van der Waals surface area contributed by atoms with E-state index >= 15 is 0 Å². The summed E-state index contributed by atoms with van der Waals surface area (Å²) in [7, 11) is 0. The minimum atomic E-state index is -0.808. The maximum Gasteiger partial charge on any atom is 0.344 e. The highest BCUT2D eigenvalue weighted by atomic mass is 32.2. The van der Waals surface area contributed by atoms with E-state index in [0.717, 1.165) is 0 Å². The Bertz CT molecular complexity index is 547. The Morgan fingerprint density at radius 3 is 2.42 bits per heavy atom. The van der Waals surface area contributed by atoms with Crippen LogP contribution in [0.1, 0.15) is 30.6 Å². The molecule has 1 aromatic carbocycles. The van der Waals surface area contributed by atoms with E-state index in [1.165, 1.54) is 0 Å². The molecule has 0 fully saturated rings. The third kappa shape index (κ3) is 7.50. The molecule has 0 aliphatic carbocycles. The summed E-state index contributed by atoms with van der Waals surface area (Å²) in [6.07, 6.45) is 2.04. The highest BCUT2D eigenvalue weighted by Crippen LogP contribution is 2.06. The van der Waals surface area contributed by atoms with E-state index in [4.69, 9.17) is 9.47 Å². The van der Waals surface area contributed by atoms with E-state index < -0.39 is 24.6 Å². The predicted octanol–water partition coefficient (Wildman–Crippen LogP) is 2.03. The average Bonchev–Trinajstić information content (AvgIpc) is 2.56. The summed E-state index contributed by atoms with van der Waals surface area (Å²) in [5, 5.41) is 2.65. The summed E-state index contributed by atoms with van der Waals surface area (Å²) in [6, 6.07) is 7.80. The summed E-state index contributed by atoms with van der Waals surface area (Å²) in [5.74, 6) is -0.945. The molecule has 0 aromatic heterocycles. The van der Waals surface area contributed by atoms with Crippen LogP contribution in [0, 0.1) is 0 Å². The lowest BCUT2D eigenvalue weighted by molar-refractivity contribution is -0.162. The molecule has 0 saturated heterocycles. The number of rotatable bonds is 9. The van der Waals surface area contributed by atoms with Crippen molar-refractivity contribution < 1.29 is 23.9 Å². The second-order valence-electron chi connectivity index (χ2n) is 5.32. The number of hydrogen-bond donors (Lipinski definition) is 1. The number of carbonyl (C=O) groups is 3. The predicted molar refractivity (Wildman–Crippen MR) is 92.9 cm³/mol. The Morgan fingerprint density at radius 1 is 1.17 bits per heavy atom. The first-order valence-electron chi connectivity index (χ1n) is 7.65. The van der Waals surface area contributed by atoms with Crippen LogP contribution in [0.15, 0.2) is 30.3 Å². The second-order valence-corrected chi connectivity index (χ2v) is 6.31. The quantitative estimate of drug-likeness (QED) is 0.684. The number of carbonyl (C=O) groups excluding carboxylic acids is 3. The molecule has 132 valence electrons. The molecule has 1 atom stereocenters. The van der Waals surface area contributed by atoms with Crippen LogP contribution in [0.5, 0.6) is 0 Å². The lowest BCUT2D eigenvalue weighted by Crippen LogP contribution is -2.42. The summed E-state index contributed by atoms with van der Waals surface area (Å²) in [4.78, 5) is 35.8. The summed E-state index contributed by atoms with van der Waals surface area (Å²) in [5.41, 5.74) is 0.457. The fourth-order valence-corrected chi connectivity index (χ4v) is 2.31. The molecule has 0 heterocycles. The van der Waals surface area contributed by atoms with E-state index in [-0.39, 0.29) is 12.0 Å². The van der Waals surface area contributed by atoms with Gasteiger partial charge in [-0.25, -0.2) is 9.59 Å². The fraction of sp³-hybridized carbons (Fsp3) is 0.471. The molecule has 0 aliphatic rings. The first-order valence-corrected chi connectivity index (χ1v) is 9.04. The monoisotopic (exact) mass is 353 g/mol. The van der Waals surface area contributed by atoms with Gasteiger partial charge in [0.2, 0.25) is 0 Å². The zero-order valence-corrected chi connectivity index (χ0v) is 14.9. The first kappa shape index (κ1) is 20.0. The summed E-state index contributed by atoms with van der Waals surface area (Å²) >= 11 is 1.55. The van der Waals surface area contributed by atoms with E-state index in [1.807, 2.05) is 6.26 Å². The maximum atomic E-state index is 12.2. The van der Waals surface area contributed by atoms with Crippen molar-refractivity contribution in [2.75, 3.05) is 18.6 Å². The van der Waals surface area contributed by atoms with Gasteiger partial charge in [-0.05, 0) is 44.4 Å². The van der Waals surface area contributed by atoms with Gasteiger partial charge < -0.3 is 14.8 Å². The van der Waals surface area contributed by atoms with Crippen molar-refractivity contribution in [3.05, 3.63) is 35.9 Å². The van der Waals surface area contributed by atoms with E-state index in [9.17, 15) is 14.4 Å². The Hall–Kier alpha value is -2.02. The van der Waals surface area contributed by atoms with E-state index in [0.29, 0.717) is 17.7 Å². The Morgan fingerprint density at radius 2 is 1.83 bits per heavy atom. The number of esters is 2. The van der Waals surface area contributed by atoms with Crippen LogP contribution < -0.4 is 5.32 Å². The van der Waals surface area contributed by atoms with Gasteiger partial charge in [0.25, 0.3) is 5.91 Å². The molecule has 1 amide bonds. The molecule has 0 aliphatic heterocycles. The van der Waals surface area contributed by atoms with Crippen molar-refractivity contribution in [1.82, 2.24) is 5.32 Å². The number of ether oxygens (including phenoxy) is 2. The third-order valence-corrected chi connectivity index (χ3v) is 3.58. The lowest BCUT2D eigenvalue weighted by Gasteiger charge is -2.17. The van der Waals surface area contributed by atoms with Crippen molar-refractivity contribution in [2.24, 2.45) is 0 Å². The topological polar surface area (TPSA) is 81.7 Å². The summed E-state index contributed by atoms with van der Waals surface area (Å²) in [6.45, 7) is 2.95. The maximum absolute atomic E-state index is 12.2. The summed E-state index contributed by atoms with van der Waals surface area (Å²) < 4.78 is 9.87. The SMILES string of the molecule is CSCCC(NC(=O)c1ccccc1)C(=O)OCC(=O)OC(C)C. The van der Waals surface area contributed by atoms with Crippen LogP contribution in [0.25, 0.3) is 0 Å². The van der Waals surface area contributed by atoms with Crippen LogP contribution in [0.2, 0.25) is 0 Å². The lowest BCUT2D eigenvalue weighted by atomic mass is 10.1. The van der Waals surface area contributed by atoms with Crippen LogP contribution in [0.4, 0.5) is 0 Å². The van der Waals surface area contributed by atoms with Crippen molar-refractivity contribution in [2.45, 2.75) is 32.4 Å². The average molecular weight is 353 g/mol. The number of hydrogen-bond acceptors (Lipinski definition) is 6. The Kier molecular flexibility index (Phi) is 8.93. The Balaban J connectivity index is 2.61. The Labute approximate surface area is 146 Å². The molecule has 1 aromatic rings. The third-order valence-electron chi connectivity index (χ3n) is 2.94. The normalized spacial score (nSPS) is 11.7. The van der Waals surface area contributed by atoms with Gasteiger partial charge in [0.15, 0.2) is 6.61 Å². The van der Waals surface area contributed by atoms with Crippen LogP contribution in [-0.4, -0.2) is 48.6 Å². The molecule has 0 bridgehead atoms. The van der Waals surface area contributed by atoms with Gasteiger partial charge in [0, 0.05) is 5.56 Å². The first-order chi connectivity index (χ1) is 11.4. The number of amides is 1.